The predicted octanol–water partition coefficient (Wildman–Crippen LogP) is 6.43. The molecule has 3 aliphatic rings. The van der Waals surface area contributed by atoms with Crippen molar-refractivity contribution < 1.29 is 47.4 Å². The Labute approximate surface area is 357 Å². The van der Waals surface area contributed by atoms with Crippen molar-refractivity contribution in [2.45, 2.75) is 159 Å². The van der Waals surface area contributed by atoms with Gasteiger partial charge in [0.15, 0.2) is 20.4 Å². The molecular weight excluding hydrogens is 793 g/mol. The molecule has 0 spiro atoms. The number of nitrogens with zero attached hydrogens (tertiary/aromatic N) is 7. The number of hydrogen-bond donors (Lipinski definition) is 0. The maximum Gasteiger partial charge on any atom is 0.410 e. The number of amides is 1. The lowest BCUT2D eigenvalue weighted by atomic mass is 9.82. The number of carbonyl (C=O) groups excluding carboxylic acids is 3. The van der Waals surface area contributed by atoms with E-state index in [0.29, 0.717) is 57.3 Å². The number of fused-ring (bicyclic) bond motifs is 1. The molecule has 13 atom stereocenters. The Morgan fingerprint density at radius 1 is 1.17 bits per heavy atom. The molecule has 0 saturated carbocycles. The molecule has 3 fully saturated rings. The first kappa shape index (κ1) is 49.2. The second-order valence-electron chi connectivity index (χ2n) is 17.6. The number of carbonyl (C=O) groups is 3. The summed E-state index contributed by atoms with van der Waals surface area (Å²) in [7, 11) is 7.35. The Morgan fingerprint density at radius 3 is 2.52 bits per heavy atom. The fourth-order valence-electron chi connectivity index (χ4n) is 9.30. The van der Waals surface area contributed by atoms with Gasteiger partial charge in [-0.05, 0) is 111 Å². The van der Waals surface area contributed by atoms with E-state index in [1.165, 1.54) is 0 Å². The maximum absolute atomic E-state index is 14.5. The number of likely N-dealkylation sites (N-methyl/N-ethyl adjacent to an activating group) is 1. The monoisotopic (exact) mass is 861 g/mol. The van der Waals surface area contributed by atoms with Gasteiger partial charge >= 0.3 is 18.0 Å². The Kier molecular flexibility index (Phi) is 18.1. The molecule has 0 radical (unpaired) electrons. The van der Waals surface area contributed by atoms with Crippen LogP contribution in [0.4, 0.5) is 4.79 Å². The van der Waals surface area contributed by atoms with Crippen molar-refractivity contribution in [2.24, 2.45) is 17.0 Å². The van der Waals surface area contributed by atoms with Crippen molar-refractivity contribution >= 4 is 26.5 Å². The van der Waals surface area contributed by atoms with E-state index in [1.807, 2.05) is 60.7 Å². The third-order valence-corrected chi connectivity index (χ3v) is 13.6. The van der Waals surface area contributed by atoms with Crippen molar-refractivity contribution in [3.63, 3.8) is 0 Å². The summed E-state index contributed by atoms with van der Waals surface area (Å²) >= 11 is 0. The van der Waals surface area contributed by atoms with Crippen LogP contribution in [0.5, 0.6) is 0 Å². The molecule has 1 amide bonds. The highest BCUT2D eigenvalue weighted by Gasteiger charge is 2.59. The van der Waals surface area contributed by atoms with Crippen LogP contribution in [0.2, 0.25) is 0 Å². The number of rotatable bonds is 14. The fourth-order valence-corrected chi connectivity index (χ4v) is 10.1. The van der Waals surface area contributed by atoms with E-state index in [2.05, 4.69) is 26.8 Å². The van der Waals surface area contributed by atoms with Gasteiger partial charge in [0.05, 0.1) is 36.2 Å². The summed E-state index contributed by atoms with van der Waals surface area (Å²) in [5.74, 6) is -2.24. The molecule has 0 aromatic carbocycles. The molecule has 18 heteroatoms. The summed E-state index contributed by atoms with van der Waals surface area (Å²) in [6.07, 6.45) is 1.34. The zero-order valence-corrected chi connectivity index (χ0v) is 38.3. The highest BCUT2D eigenvalue weighted by molar-refractivity contribution is 7.25. The van der Waals surface area contributed by atoms with Crippen molar-refractivity contribution in [3.8, 4) is 0 Å². The zero-order valence-electron chi connectivity index (χ0n) is 37.4. The number of cyclic esters (lactones) is 1. The lowest BCUT2D eigenvalue weighted by molar-refractivity contribution is -0.258. The summed E-state index contributed by atoms with van der Waals surface area (Å²) in [6.45, 7) is 14.7. The van der Waals surface area contributed by atoms with Gasteiger partial charge in [0.25, 0.3) is 0 Å². The third kappa shape index (κ3) is 11.9. The molecule has 3 unspecified atom stereocenters. The molecule has 336 valence electrons. The number of pyridine rings is 1. The van der Waals surface area contributed by atoms with E-state index in [0.717, 1.165) is 0 Å². The number of ether oxygens (including phenoxy) is 6. The van der Waals surface area contributed by atoms with E-state index in [-0.39, 0.29) is 45.4 Å². The number of esters is 2. The van der Waals surface area contributed by atoms with E-state index in [1.54, 1.807) is 43.5 Å². The van der Waals surface area contributed by atoms with Crippen LogP contribution in [-0.2, 0) is 49.0 Å². The van der Waals surface area contributed by atoms with Gasteiger partial charge in [0.2, 0.25) is 0 Å². The lowest BCUT2D eigenvalue weighted by Crippen LogP contribution is -2.61. The molecule has 4 rings (SSSR count). The fraction of sp³-hybridized carbons (Fsp3) is 0.810. The standard InChI is InChI=1S/C42H68N7O10P/c1-12-33-42(7)37(49(40(52)59-42)19-14-13-18-45-46-43)29(5)48(10)25-26(2)23-41(6,54-11)34(58-39-36(60-53)31(47(8)9)20-27(3)55-39)22-32(28(4)38(51)57-33)56-35(50)21-30-16-15-17-44-24-30/h15-17,24,26-29,31-34,36-37,39H,12-14,18-23,25H2,1-11H3/t26-,27-,28-,29-,31?,32?,33-,34-,36?,37-,39+,41-,42-/m1/s1. The Hall–Kier alpha value is -3.43. The number of unbranched alkanes of at least 4 members (excludes halogenated alkanes) is 1. The maximum atomic E-state index is 14.5. The van der Waals surface area contributed by atoms with Crippen molar-refractivity contribution in [1.29, 1.82) is 0 Å². The van der Waals surface area contributed by atoms with E-state index in [9.17, 15) is 18.9 Å². The van der Waals surface area contributed by atoms with Crippen LogP contribution < -0.4 is 0 Å². The quantitative estimate of drug-likeness (QED) is 0.0378. The molecule has 1 aromatic heterocycles. The van der Waals surface area contributed by atoms with Gasteiger partial charge in [-0.25, -0.2) is 4.79 Å². The van der Waals surface area contributed by atoms with Gasteiger partial charge in [-0.3, -0.25) is 24.0 Å². The number of hydrogen-bond acceptors (Lipinski definition) is 14. The van der Waals surface area contributed by atoms with Crippen LogP contribution in [0.3, 0.4) is 0 Å². The van der Waals surface area contributed by atoms with Crippen LogP contribution in [0, 0.1) is 11.8 Å². The minimum absolute atomic E-state index is 0.0109. The first-order valence-electron chi connectivity index (χ1n) is 21.3. The Morgan fingerprint density at radius 2 is 1.90 bits per heavy atom. The van der Waals surface area contributed by atoms with Gasteiger partial charge in [-0.15, -0.1) is 0 Å². The van der Waals surface area contributed by atoms with Crippen molar-refractivity contribution in [2.75, 3.05) is 47.9 Å². The first-order chi connectivity index (χ1) is 28.4. The summed E-state index contributed by atoms with van der Waals surface area (Å²) in [5, 5.41) is 3.65. The third-order valence-electron chi connectivity index (χ3n) is 12.8. The second kappa shape index (κ2) is 22.1. The largest absolute Gasteiger partial charge is 0.461 e. The minimum atomic E-state index is -1.26. The van der Waals surface area contributed by atoms with Gasteiger partial charge in [0.1, 0.15) is 17.9 Å². The number of azide groups is 1. The molecule has 0 aliphatic carbocycles. The highest BCUT2D eigenvalue weighted by atomic mass is 31.1. The second-order valence-corrected chi connectivity index (χ2v) is 18.4. The summed E-state index contributed by atoms with van der Waals surface area (Å²) in [5.41, 5.74) is 6.59. The van der Waals surface area contributed by atoms with E-state index >= 15 is 0 Å². The Balaban J connectivity index is 1.81. The van der Waals surface area contributed by atoms with Gasteiger partial charge < -0.3 is 38.2 Å². The molecular formula is C42H68N7O10P. The molecule has 17 nitrogen and oxygen atoms in total. The van der Waals surface area contributed by atoms with Crippen LogP contribution in [-0.4, -0.2) is 151 Å². The zero-order chi connectivity index (χ0) is 44.4. The lowest BCUT2D eigenvalue weighted by Gasteiger charge is -2.46. The summed E-state index contributed by atoms with van der Waals surface area (Å²) in [6, 6.07) is 2.59. The van der Waals surface area contributed by atoms with Gasteiger partial charge in [-0.2, -0.15) is 0 Å². The van der Waals surface area contributed by atoms with E-state index < -0.39 is 71.5 Å². The van der Waals surface area contributed by atoms with Crippen molar-refractivity contribution in [1.82, 2.24) is 19.7 Å². The molecule has 1 aromatic rings. The summed E-state index contributed by atoms with van der Waals surface area (Å²) in [4.78, 5) is 55.0. The predicted molar refractivity (Wildman–Crippen MR) is 224 cm³/mol. The highest BCUT2D eigenvalue weighted by Crippen LogP contribution is 2.42. The molecule has 60 heavy (non-hydrogen) atoms. The van der Waals surface area contributed by atoms with Crippen LogP contribution >= 0.6 is 8.46 Å². The number of methoxy groups -OCH3 is 1. The van der Waals surface area contributed by atoms with Crippen molar-refractivity contribution in [3.05, 3.63) is 40.5 Å². The average molecular weight is 862 g/mol. The molecule has 3 saturated heterocycles. The smallest absolute Gasteiger partial charge is 0.410 e. The Bertz CT molecular complexity index is 1640. The molecule has 4 heterocycles. The van der Waals surface area contributed by atoms with Crippen LogP contribution in [0.25, 0.3) is 10.4 Å². The topological polar surface area (TPSA) is 195 Å². The normalized spacial score (nSPS) is 36.1. The SMILES string of the molecule is CC[C@H]1OC(=O)[C@H](C)C(OC(=O)Cc2cccnc2)C[C@@H](O[C@@H]2O[C@H](C)CC(N(C)C)C2P=O)[C@](C)(OC)C[C@@H](C)CN(C)[C@H](C)[C@H]2N(CCCCN=[N+]=[N-])C(=O)O[C@]12C. The first-order valence-corrected chi connectivity index (χ1v) is 22.1. The van der Waals surface area contributed by atoms with Gasteiger partial charge in [-0.1, -0.05) is 25.0 Å². The average Bonchev–Trinajstić information content (AvgIpc) is 3.46. The minimum Gasteiger partial charge on any atom is -0.461 e. The summed E-state index contributed by atoms with van der Waals surface area (Å²) < 4.78 is 51.5. The molecule has 0 bridgehead atoms. The molecule has 0 N–H and O–H groups in total. The van der Waals surface area contributed by atoms with Crippen LogP contribution in [0.15, 0.2) is 29.6 Å². The van der Waals surface area contributed by atoms with Crippen LogP contribution in [0.1, 0.15) is 92.6 Å². The van der Waals surface area contributed by atoms with E-state index in [4.69, 9.17) is 34.0 Å². The number of aromatic nitrogens is 1. The van der Waals surface area contributed by atoms with Gasteiger partial charge in [0, 0.05) is 62.6 Å². The molecule has 3 aliphatic heterocycles.